The maximum atomic E-state index is 13.5. The Kier molecular flexibility index (Phi) is 7.67. The highest BCUT2D eigenvalue weighted by Gasteiger charge is 2.35. The van der Waals surface area contributed by atoms with E-state index in [0.717, 1.165) is 28.2 Å². The molecule has 1 unspecified atom stereocenters. The van der Waals surface area contributed by atoms with Gasteiger partial charge in [-0.05, 0) is 60.6 Å². The summed E-state index contributed by atoms with van der Waals surface area (Å²) in [6, 6.07) is 23.2. The minimum absolute atomic E-state index is 0.0817. The largest absolute Gasteiger partial charge is 0.497 e. The van der Waals surface area contributed by atoms with Gasteiger partial charge in [-0.3, -0.25) is 9.69 Å². The molecule has 1 heterocycles. The zero-order chi connectivity index (χ0) is 24.8. The zero-order valence-corrected chi connectivity index (χ0v) is 20.6. The van der Waals surface area contributed by atoms with Crippen molar-refractivity contribution in [1.82, 2.24) is 9.91 Å². The van der Waals surface area contributed by atoms with Crippen molar-refractivity contribution in [3.63, 3.8) is 0 Å². The molecule has 0 saturated heterocycles. The summed E-state index contributed by atoms with van der Waals surface area (Å²) in [5.74, 6) is 2.08. The number of hydrazone groups is 1. The minimum atomic E-state index is -0.310. The van der Waals surface area contributed by atoms with Crippen molar-refractivity contribution >= 4 is 11.6 Å². The van der Waals surface area contributed by atoms with Gasteiger partial charge in [0.05, 0.1) is 39.6 Å². The fourth-order valence-electron chi connectivity index (χ4n) is 4.29. The molecular weight excluding hydrogens is 442 g/mol. The van der Waals surface area contributed by atoms with Crippen LogP contribution in [0.5, 0.6) is 17.2 Å². The molecule has 35 heavy (non-hydrogen) atoms. The van der Waals surface area contributed by atoms with Crippen LogP contribution < -0.4 is 14.2 Å². The molecule has 0 aliphatic carbocycles. The number of methoxy groups -OCH3 is 3. The first-order chi connectivity index (χ1) is 17.0. The van der Waals surface area contributed by atoms with Crippen LogP contribution in [0.25, 0.3) is 0 Å². The van der Waals surface area contributed by atoms with E-state index >= 15 is 0 Å². The third kappa shape index (κ3) is 5.63. The lowest BCUT2D eigenvalue weighted by atomic mass is 9.97. The maximum Gasteiger partial charge on any atom is 0.257 e. The highest BCUT2D eigenvalue weighted by Crippen LogP contribution is 2.39. The second kappa shape index (κ2) is 11.1. The number of likely N-dealkylation sites (N-methyl/N-ethyl adjacent to an activating group) is 1. The smallest absolute Gasteiger partial charge is 0.257 e. The molecule has 7 heteroatoms. The van der Waals surface area contributed by atoms with Crippen LogP contribution in [0.2, 0.25) is 0 Å². The Labute approximate surface area is 206 Å². The molecule has 1 atom stereocenters. The summed E-state index contributed by atoms with van der Waals surface area (Å²) in [6.45, 7) is 0.902. The van der Waals surface area contributed by atoms with Crippen LogP contribution in [0.15, 0.2) is 77.9 Å². The lowest BCUT2D eigenvalue weighted by Gasteiger charge is -2.26. The Balaban J connectivity index is 1.63. The fourth-order valence-corrected chi connectivity index (χ4v) is 4.29. The van der Waals surface area contributed by atoms with Crippen LogP contribution in [0.1, 0.15) is 29.2 Å². The monoisotopic (exact) mass is 473 g/mol. The van der Waals surface area contributed by atoms with Crippen molar-refractivity contribution < 1.29 is 19.0 Å². The zero-order valence-electron chi connectivity index (χ0n) is 20.6. The second-order valence-corrected chi connectivity index (χ2v) is 8.50. The van der Waals surface area contributed by atoms with E-state index in [9.17, 15) is 4.79 Å². The van der Waals surface area contributed by atoms with E-state index in [0.29, 0.717) is 24.5 Å². The van der Waals surface area contributed by atoms with Crippen LogP contribution in [-0.4, -0.2) is 56.4 Å². The number of hydrogen-bond acceptors (Lipinski definition) is 6. The second-order valence-electron chi connectivity index (χ2n) is 8.50. The molecule has 3 aromatic rings. The summed E-state index contributed by atoms with van der Waals surface area (Å²) in [5, 5.41) is 6.39. The third-order valence-electron chi connectivity index (χ3n) is 6.09. The van der Waals surface area contributed by atoms with Crippen molar-refractivity contribution in [2.24, 2.45) is 5.10 Å². The summed E-state index contributed by atoms with van der Waals surface area (Å²) in [7, 11) is 6.84. The first kappa shape index (κ1) is 24.3. The average molecular weight is 474 g/mol. The Hall–Kier alpha value is -3.84. The van der Waals surface area contributed by atoms with E-state index in [1.807, 2.05) is 72.6 Å². The number of ether oxygens (including phenoxy) is 3. The van der Waals surface area contributed by atoms with Gasteiger partial charge in [0, 0.05) is 18.5 Å². The van der Waals surface area contributed by atoms with Crippen LogP contribution in [0.4, 0.5) is 0 Å². The first-order valence-electron chi connectivity index (χ1n) is 11.5. The molecule has 0 aromatic heterocycles. The lowest BCUT2D eigenvalue weighted by Crippen LogP contribution is -2.36. The summed E-state index contributed by atoms with van der Waals surface area (Å²) in [5.41, 5.74) is 3.79. The summed E-state index contributed by atoms with van der Waals surface area (Å²) < 4.78 is 16.4. The normalized spacial score (nSPS) is 15.2. The van der Waals surface area contributed by atoms with E-state index in [4.69, 9.17) is 19.3 Å². The third-order valence-corrected chi connectivity index (χ3v) is 6.09. The number of hydrogen-bond donors (Lipinski definition) is 0. The standard InChI is InChI=1S/C28H31N3O4/c1-30(18-20-8-6-5-7-9-20)19-28(32)31-26(24-16-23(34-3)14-15-27(24)35-4)17-25(29-31)21-10-12-22(33-2)13-11-21/h5-16,26H,17-19H2,1-4H3. The van der Waals surface area contributed by atoms with Crippen molar-refractivity contribution in [3.05, 3.63) is 89.5 Å². The van der Waals surface area contributed by atoms with Crippen LogP contribution in [0, 0.1) is 0 Å². The van der Waals surface area contributed by atoms with Crippen LogP contribution in [0.3, 0.4) is 0 Å². The molecule has 0 fully saturated rings. The van der Waals surface area contributed by atoms with Crippen LogP contribution in [-0.2, 0) is 11.3 Å². The van der Waals surface area contributed by atoms with Gasteiger partial charge in [0.1, 0.15) is 17.2 Å². The molecule has 0 radical (unpaired) electrons. The van der Waals surface area contributed by atoms with Gasteiger partial charge >= 0.3 is 0 Å². The van der Waals surface area contributed by atoms with Crippen LogP contribution >= 0.6 is 0 Å². The average Bonchev–Trinajstić information content (AvgIpc) is 3.34. The number of nitrogens with zero attached hydrogens (tertiary/aromatic N) is 3. The molecule has 1 aliphatic rings. The molecule has 4 rings (SSSR count). The number of amides is 1. The van der Waals surface area contributed by atoms with Gasteiger partial charge < -0.3 is 14.2 Å². The molecule has 182 valence electrons. The van der Waals surface area contributed by atoms with E-state index in [2.05, 4.69) is 12.1 Å². The Morgan fingerprint density at radius 3 is 2.29 bits per heavy atom. The molecule has 7 nitrogen and oxygen atoms in total. The predicted molar refractivity (Wildman–Crippen MR) is 136 cm³/mol. The Morgan fingerprint density at radius 1 is 0.943 bits per heavy atom. The summed E-state index contributed by atoms with van der Waals surface area (Å²) in [4.78, 5) is 15.5. The highest BCUT2D eigenvalue weighted by molar-refractivity contribution is 6.03. The van der Waals surface area contributed by atoms with E-state index in [1.165, 1.54) is 0 Å². The predicted octanol–water partition coefficient (Wildman–Crippen LogP) is 4.52. The molecule has 0 saturated carbocycles. The Bertz CT molecular complexity index is 1180. The molecule has 0 N–H and O–H groups in total. The lowest BCUT2D eigenvalue weighted by molar-refractivity contribution is -0.134. The summed E-state index contributed by atoms with van der Waals surface area (Å²) >= 11 is 0. The molecule has 1 aliphatic heterocycles. The van der Waals surface area contributed by atoms with Gasteiger partial charge in [-0.1, -0.05) is 30.3 Å². The summed E-state index contributed by atoms with van der Waals surface area (Å²) in [6.07, 6.45) is 0.560. The van der Waals surface area contributed by atoms with Crippen molar-refractivity contribution in [3.8, 4) is 17.2 Å². The highest BCUT2D eigenvalue weighted by atomic mass is 16.5. The van der Waals surface area contributed by atoms with Gasteiger partial charge in [-0.25, -0.2) is 5.01 Å². The van der Waals surface area contributed by atoms with E-state index in [1.54, 1.807) is 26.3 Å². The Morgan fingerprint density at radius 2 is 1.63 bits per heavy atom. The van der Waals surface area contributed by atoms with Gasteiger partial charge in [0.15, 0.2) is 0 Å². The van der Waals surface area contributed by atoms with Crippen molar-refractivity contribution in [1.29, 1.82) is 0 Å². The molecule has 3 aromatic carbocycles. The van der Waals surface area contributed by atoms with Gasteiger partial charge in [0.25, 0.3) is 5.91 Å². The number of carbonyl (C=O) groups excluding carboxylic acids is 1. The number of rotatable bonds is 9. The quantitative estimate of drug-likeness (QED) is 0.457. The van der Waals surface area contributed by atoms with E-state index in [-0.39, 0.29) is 18.5 Å². The number of carbonyl (C=O) groups is 1. The SMILES string of the molecule is COc1ccc(C2=NN(C(=O)CN(C)Cc3ccccc3)C(c3cc(OC)ccc3OC)C2)cc1. The van der Waals surface area contributed by atoms with E-state index < -0.39 is 0 Å². The van der Waals surface area contributed by atoms with Gasteiger partial charge in [-0.15, -0.1) is 0 Å². The first-order valence-corrected chi connectivity index (χ1v) is 11.5. The van der Waals surface area contributed by atoms with Gasteiger partial charge in [0.2, 0.25) is 0 Å². The minimum Gasteiger partial charge on any atom is -0.497 e. The topological polar surface area (TPSA) is 63.6 Å². The maximum absolute atomic E-state index is 13.5. The van der Waals surface area contributed by atoms with Crippen molar-refractivity contribution in [2.75, 3.05) is 34.9 Å². The molecule has 1 amide bonds. The molecule has 0 spiro atoms. The van der Waals surface area contributed by atoms with Gasteiger partial charge in [-0.2, -0.15) is 5.10 Å². The molecule has 0 bridgehead atoms. The molecular formula is C28H31N3O4. The fraction of sp³-hybridized carbons (Fsp3) is 0.286. The van der Waals surface area contributed by atoms with Crippen molar-refractivity contribution in [2.45, 2.75) is 19.0 Å². The number of benzene rings is 3.